The molecule has 9 nitrogen and oxygen atoms in total. The quantitative estimate of drug-likeness (QED) is 0.622. The van der Waals surface area contributed by atoms with Crippen LogP contribution in [0.15, 0.2) is 12.3 Å². The highest BCUT2D eigenvalue weighted by Crippen LogP contribution is 2.33. The Bertz CT molecular complexity index is 962. The number of hydrogen-bond acceptors (Lipinski definition) is 6. The number of pyridine rings is 1. The van der Waals surface area contributed by atoms with Crippen LogP contribution in [0.25, 0.3) is 0 Å². The first-order valence-electron chi connectivity index (χ1n) is 9.70. The molecule has 1 aliphatic carbocycles. The summed E-state index contributed by atoms with van der Waals surface area (Å²) in [5.41, 5.74) is 6.94. The Kier molecular flexibility index (Phi) is 5.95. The van der Waals surface area contributed by atoms with Gasteiger partial charge in [0.05, 0.1) is 18.0 Å². The number of primary amides is 1. The molecule has 3 N–H and O–H groups in total. The molecule has 29 heavy (non-hydrogen) atoms. The molecule has 2 heterocycles. The molecular formula is C20H25N5O4. The first-order chi connectivity index (χ1) is 13.8. The van der Waals surface area contributed by atoms with Crippen LogP contribution in [0.1, 0.15) is 70.5 Å². The predicted molar refractivity (Wildman–Crippen MR) is 106 cm³/mol. The highest BCUT2D eigenvalue weighted by molar-refractivity contribution is 6.10. The van der Waals surface area contributed by atoms with Gasteiger partial charge in [0.25, 0.3) is 11.8 Å². The number of Topliss-reactive ketones (excluding diaryl/α,β-unsaturated/α-hetero) is 1. The summed E-state index contributed by atoms with van der Waals surface area (Å²) < 4.78 is 7.19. The Balaban J connectivity index is 1.99. The fraction of sp³-hybridized carbons (Fsp3) is 0.450. The van der Waals surface area contributed by atoms with Gasteiger partial charge in [-0.1, -0.05) is 6.92 Å². The van der Waals surface area contributed by atoms with Crippen LogP contribution in [0.2, 0.25) is 0 Å². The normalized spacial score (nSPS) is 13.2. The topological polar surface area (TPSA) is 129 Å². The molecule has 0 aromatic carbocycles. The second-order valence-electron chi connectivity index (χ2n) is 7.03. The number of aromatic nitrogens is 3. The van der Waals surface area contributed by atoms with E-state index < -0.39 is 11.8 Å². The zero-order valence-electron chi connectivity index (χ0n) is 16.8. The number of carbonyl (C=O) groups is 3. The standard InChI is InChI=1S/C20H25N5O4/c1-4-15-16(17(18(21)27)24-25(15)10-12-6-7-12)23-19(28)14-8-13(11(3)26)9-22-20(14)29-5-2/h8-9,12H,4-7,10H2,1-3H3,(H2,21,27)(H,23,28). The van der Waals surface area contributed by atoms with Crippen molar-refractivity contribution in [2.45, 2.75) is 46.6 Å². The Hall–Kier alpha value is -3.23. The maximum atomic E-state index is 13.0. The molecule has 1 fully saturated rings. The van der Waals surface area contributed by atoms with Crippen LogP contribution in [0.3, 0.4) is 0 Å². The second-order valence-corrected chi connectivity index (χ2v) is 7.03. The predicted octanol–water partition coefficient (Wildman–Crippen LogP) is 2.20. The number of carbonyl (C=O) groups excluding carboxylic acids is 3. The van der Waals surface area contributed by atoms with E-state index in [2.05, 4.69) is 15.4 Å². The van der Waals surface area contributed by atoms with E-state index in [-0.39, 0.29) is 28.5 Å². The van der Waals surface area contributed by atoms with Gasteiger partial charge in [-0.2, -0.15) is 5.10 Å². The van der Waals surface area contributed by atoms with Gasteiger partial charge in [-0.05, 0) is 45.1 Å². The van der Waals surface area contributed by atoms with Crippen LogP contribution in [0.5, 0.6) is 5.88 Å². The van der Waals surface area contributed by atoms with Crippen LogP contribution in [0, 0.1) is 5.92 Å². The van der Waals surface area contributed by atoms with E-state index in [0.717, 1.165) is 18.5 Å². The lowest BCUT2D eigenvalue weighted by atomic mass is 10.1. The summed E-state index contributed by atoms with van der Waals surface area (Å²) in [5, 5.41) is 7.09. The molecular weight excluding hydrogens is 374 g/mol. The molecule has 0 aliphatic heterocycles. The van der Waals surface area contributed by atoms with Crippen molar-refractivity contribution in [3.8, 4) is 5.88 Å². The smallest absolute Gasteiger partial charge is 0.271 e. The third kappa shape index (κ3) is 4.44. The minimum atomic E-state index is -0.717. The molecule has 0 saturated heterocycles. The minimum absolute atomic E-state index is 0.0180. The van der Waals surface area contributed by atoms with Gasteiger partial charge >= 0.3 is 0 Å². The average Bonchev–Trinajstić information content (AvgIpc) is 3.42. The number of nitrogens with two attached hydrogens (primary N) is 1. The zero-order valence-corrected chi connectivity index (χ0v) is 16.8. The van der Waals surface area contributed by atoms with E-state index in [1.807, 2.05) is 6.92 Å². The highest BCUT2D eigenvalue weighted by atomic mass is 16.5. The lowest BCUT2D eigenvalue weighted by Crippen LogP contribution is -2.20. The summed E-state index contributed by atoms with van der Waals surface area (Å²) in [4.78, 5) is 40.8. The number of rotatable bonds is 9. The number of amides is 2. The molecule has 1 aliphatic rings. The number of hydrogen-bond donors (Lipinski definition) is 2. The molecule has 2 aromatic heterocycles. The van der Waals surface area contributed by atoms with E-state index in [4.69, 9.17) is 10.5 Å². The van der Waals surface area contributed by atoms with Crippen molar-refractivity contribution in [1.29, 1.82) is 0 Å². The molecule has 0 spiro atoms. The number of nitrogens with zero attached hydrogens (tertiary/aromatic N) is 3. The van der Waals surface area contributed by atoms with Crippen molar-refractivity contribution in [1.82, 2.24) is 14.8 Å². The summed E-state index contributed by atoms with van der Waals surface area (Å²) in [7, 11) is 0. The summed E-state index contributed by atoms with van der Waals surface area (Å²) >= 11 is 0. The molecule has 1 saturated carbocycles. The fourth-order valence-electron chi connectivity index (χ4n) is 3.10. The molecule has 9 heteroatoms. The van der Waals surface area contributed by atoms with Crippen molar-refractivity contribution in [2.75, 3.05) is 11.9 Å². The van der Waals surface area contributed by atoms with Crippen molar-refractivity contribution >= 4 is 23.3 Å². The van der Waals surface area contributed by atoms with Gasteiger partial charge in [0, 0.05) is 18.3 Å². The first kappa shape index (κ1) is 20.5. The molecule has 2 aromatic rings. The Morgan fingerprint density at radius 2 is 2.03 bits per heavy atom. The third-order valence-electron chi connectivity index (χ3n) is 4.78. The third-order valence-corrected chi connectivity index (χ3v) is 4.78. The summed E-state index contributed by atoms with van der Waals surface area (Å²) in [6.07, 6.45) is 4.17. The molecule has 0 unspecified atom stereocenters. The second kappa shape index (κ2) is 8.42. The lowest BCUT2D eigenvalue weighted by molar-refractivity contribution is 0.0992. The van der Waals surface area contributed by atoms with Crippen molar-refractivity contribution in [3.05, 3.63) is 34.8 Å². The summed E-state index contributed by atoms with van der Waals surface area (Å²) in [6.45, 7) is 6.07. The molecule has 0 atom stereocenters. The number of ketones is 1. The van der Waals surface area contributed by atoms with Crippen molar-refractivity contribution < 1.29 is 19.1 Å². The summed E-state index contributed by atoms with van der Waals surface area (Å²) in [5.74, 6) is -0.846. The number of nitrogens with one attached hydrogen (secondary N) is 1. The molecule has 2 amide bonds. The van der Waals surface area contributed by atoms with Crippen molar-refractivity contribution in [3.63, 3.8) is 0 Å². The van der Waals surface area contributed by atoms with Crippen LogP contribution >= 0.6 is 0 Å². The molecule has 0 bridgehead atoms. The van der Waals surface area contributed by atoms with E-state index >= 15 is 0 Å². The van der Waals surface area contributed by atoms with Crippen LogP contribution in [-0.4, -0.2) is 39.0 Å². The van der Waals surface area contributed by atoms with E-state index in [9.17, 15) is 14.4 Å². The highest BCUT2D eigenvalue weighted by Gasteiger charge is 2.28. The Labute approximate surface area is 168 Å². The number of anilines is 1. The van der Waals surface area contributed by atoms with E-state index in [1.165, 1.54) is 19.2 Å². The molecule has 3 rings (SSSR count). The SMILES string of the molecule is CCOc1ncc(C(C)=O)cc1C(=O)Nc1c(C(N)=O)nn(CC2CC2)c1CC. The Morgan fingerprint density at radius 1 is 1.31 bits per heavy atom. The fourth-order valence-corrected chi connectivity index (χ4v) is 3.10. The van der Waals surface area contributed by atoms with E-state index in [0.29, 0.717) is 31.2 Å². The van der Waals surface area contributed by atoms with Crippen LogP contribution in [-0.2, 0) is 13.0 Å². The van der Waals surface area contributed by atoms with Crippen LogP contribution < -0.4 is 15.8 Å². The van der Waals surface area contributed by atoms with E-state index in [1.54, 1.807) is 11.6 Å². The zero-order chi connectivity index (χ0) is 21.1. The van der Waals surface area contributed by atoms with Crippen molar-refractivity contribution in [2.24, 2.45) is 11.7 Å². The van der Waals surface area contributed by atoms with Gasteiger partial charge < -0.3 is 15.8 Å². The summed E-state index contributed by atoms with van der Waals surface area (Å²) in [6, 6.07) is 1.43. The van der Waals surface area contributed by atoms with Gasteiger partial charge in [0.1, 0.15) is 5.56 Å². The van der Waals surface area contributed by atoms with Gasteiger partial charge in [0.15, 0.2) is 11.5 Å². The van der Waals surface area contributed by atoms with Gasteiger partial charge in [0.2, 0.25) is 5.88 Å². The molecule has 0 radical (unpaired) electrons. The first-order valence-corrected chi connectivity index (χ1v) is 9.70. The van der Waals surface area contributed by atoms with Crippen LogP contribution in [0.4, 0.5) is 5.69 Å². The maximum Gasteiger partial charge on any atom is 0.271 e. The lowest BCUT2D eigenvalue weighted by Gasteiger charge is -2.12. The van der Waals surface area contributed by atoms with Gasteiger partial charge in [-0.25, -0.2) is 4.98 Å². The monoisotopic (exact) mass is 399 g/mol. The molecule has 154 valence electrons. The number of ether oxygens (including phenoxy) is 1. The minimum Gasteiger partial charge on any atom is -0.477 e. The Morgan fingerprint density at radius 3 is 2.59 bits per heavy atom. The average molecular weight is 399 g/mol. The largest absolute Gasteiger partial charge is 0.477 e. The maximum absolute atomic E-state index is 13.0. The van der Waals surface area contributed by atoms with Gasteiger partial charge in [-0.3, -0.25) is 19.1 Å². The van der Waals surface area contributed by atoms with Gasteiger partial charge in [-0.15, -0.1) is 0 Å².